The highest BCUT2D eigenvalue weighted by atomic mass is 32.1. The molecule has 4 heterocycles. The summed E-state index contributed by atoms with van der Waals surface area (Å²) in [5, 5.41) is 3.25. The van der Waals surface area contributed by atoms with E-state index in [9.17, 15) is 31.1 Å². The molecular formula is C22H20F6N6OS. The van der Waals surface area contributed by atoms with E-state index in [1.807, 2.05) is 0 Å². The Morgan fingerprint density at radius 2 is 2.00 bits per heavy atom. The van der Waals surface area contributed by atoms with Crippen molar-refractivity contribution in [1.82, 2.24) is 24.8 Å². The number of nitrogens with zero attached hydrogens (tertiary/aromatic N) is 5. The number of rotatable bonds is 5. The Kier molecular flexibility index (Phi) is 6.90. The summed E-state index contributed by atoms with van der Waals surface area (Å²) in [6.45, 7) is 2.23. The van der Waals surface area contributed by atoms with E-state index in [1.54, 1.807) is 13.8 Å². The molecule has 1 aliphatic heterocycles. The van der Waals surface area contributed by atoms with Crippen LogP contribution in [0.15, 0.2) is 30.7 Å². The zero-order chi connectivity index (χ0) is 26.3. The largest absolute Gasteiger partial charge is 0.434 e. The van der Waals surface area contributed by atoms with Gasteiger partial charge in [-0.25, -0.2) is 28.1 Å². The summed E-state index contributed by atoms with van der Waals surface area (Å²) in [7, 11) is 0. The number of halogens is 6. The Hall–Kier alpha value is -3.29. The fourth-order valence-corrected chi connectivity index (χ4v) is 4.94. The molecule has 0 bridgehead atoms. The summed E-state index contributed by atoms with van der Waals surface area (Å²) < 4.78 is 81.0. The Morgan fingerprint density at radius 1 is 1.25 bits per heavy atom. The molecule has 1 saturated heterocycles. The second-order valence-corrected chi connectivity index (χ2v) is 9.68. The number of aryl methyl sites for hydroxylation is 1. The highest BCUT2D eigenvalue weighted by Crippen LogP contribution is 2.37. The van der Waals surface area contributed by atoms with Gasteiger partial charge in [-0.2, -0.15) is 13.2 Å². The summed E-state index contributed by atoms with van der Waals surface area (Å²) in [5.74, 6) is -5.21. The fourth-order valence-electron chi connectivity index (χ4n) is 4.06. The predicted octanol–water partition coefficient (Wildman–Crippen LogP) is 5.06. The topological polar surface area (TPSA) is 83.9 Å². The maximum Gasteiger partial charge on any atom is 0.434 e. The second-order valence-electron chi connectivity index (χ2n) is 8.47. The quantitative estimate of drug-likeness (QED) is 0.465. The molecule has 3 aromatic heterocycles. The molecule has 0 radical (unpaired) electrons. The van der Waals surface area contributed by atoms with E-state index in [1.165, 1.54) is 6.20 Å². The van der Waals surface area contributed by atoms with Gasteiger partial charge in [-0.1, -0.05) is 6.92 Å². The Morgan fingerprint density at radius 3 is 2.64 bits per heavy atom. The summed E-state index contributed by atoms with van der Waals surface area (Å²) in [4.78, 5) is 30.1. The molecule has 2 atom stereocenters. The summed E-state index contributed by atoms with van der Waals surface area (Å²) in [5.41, 5.74) is -1.15. The molecule has 1 fully saturated rings. The van der Waals surface area contributed by atoms with Crippen LogP contribution in [0, 0.1) is 18.7 Å². The molecule has 1 N–H and O–H groups in total. The van der Waals surface area contributed by atoms with Crippen LogP contribution in [0.25, 0.3) is 10.6 Å². The first kappa shape index (κ1) is 25.8. The van der Waals surface area contributed by atoms with Gasteiger partial charge in [-0.15, -0.1) is 11.3 Å². The minimum atomic E-state index is -4.65. The van der Waals surface area contributed by atoms with Crippen LogP contribution in [0.4, 0.5) is 32.2 Å². The van der Waals surface area contributed by atoms with E-state index < -0.39 is 54.4 Å². The van der Waals surface area contributed by atoms with Crippen molar-refractivity contribution in [3.8, 4) is 10.6 Å². The summed E-state index contributed by atoms with van der Waals surface area (Å²) in [6, 6.07) is 1.49. The minimum Gasteiger partial charge on any atom is -0.367 e. The van der Waals surface area contributed by atoms with E-state index in [2.05, 4.69) is 25.3 Å². The van der Waals surface area contributed by atoms with Crippen molar-refractivity contribution in [2.75, 3.05) is 18.4 Å². The average Bonchev–Trinajstić information content (AvgIpc) is 3.18. The lowest BCUT2D eigenvalue weighted by molar-refractivity contribution is -0.141. The Labute approximate surface area is 205 Å². The van der Waals surface area contributed by atoms with Crippen LogP contribution in [0.2, 0.25) is 0 Å². The molecule has 3 aromatic rings. The Balaban J connectivity index is 1.61. The van der Waals surface area contributed by atoms with Crippen LogP contribution >= 0.6 is 11.3 Å². The van der Waals surface area contributed by atoms with Crippen LogP contribution < -0.4 is 5.32 Å². The van der Waals surface area contributed by atoms with Gasteiger partial charge in [-0.05, 0) is 18.9 Å². The van der Waals surface area contributed by atoms with E-state index in [0.717, 1.165) is 34.6 Å². The number of amides is 1. The summed E-state index contributed by atoms with van der Waals surface area (Å²) in [6.07, 6.45) is -2.48. The van der Waals surface area contributed by atoms with Crippen LogP contribution in [-0.4, -0.2) is 55.8 Å². The van der Waals surface area contributed by atoms with Gasteiger partial charge in [0.1, 0.15) is 17.3 Å². The lowest BCUT2D eigenvalue weighted by Crippen LogP contribution is -2.57. The van der Waals surface area contributed by atoms with Gasteiger partial charge in [0.2, 0.25) is 0 Å². The molecule has 1 amide bonds. The van der Waals surface area contributed by atoms with Gasteiger partial charge in [0, 0.05) is 25.2 Å². The van der Waals surface area contributed by atoms with Crippen molar-refractivity contribution >= 4 is 23.1 Å². The number of alkyl halides is 5. The molecule has 0 aliphatic carbocycles. The molecule has 4 rings (SSSR count). The first-order valence-corrected chi connectivity index (χ1v) is 11.6. The van der Waals surface area contributed by atoms with Gasteiger partial charge < -0.3 is 10.2 Å². The SMILES string of the molecule is Cc1nc(C(=O)N2CC(F)(F)CC(C)C2CNc2cnc(C(F)(F)F)cn2)c(-c2cc(F)ccn2)s1. The predicted molar refractivity (Wildman–Crippen MR) is 119 cm³/mol. The lowest BCUT2D eigenvalue weighted by atomic mass is 9.88. The fraction of sp³-hybridized carbons (Fsp3) is 0.409. The molecule has 0 saturated carbocycles. The van der Waals surface area contributed by atoms with Crippen LogP contribution in [-0.2, 0) is 6.18 Å². The molecule has 0 aromatic carbocycles. The summed E-state index contributed by atoms with van der Waals surface area (Å²) >= 11 is 1.08. The normalized spacial score (nSPS) is 19.8. The van der Waals surface area contributed by atoms with Crippen LogP contribution in [0.5, 0.6) is 0 Å². The van der Waals surface area contributed by atoms with Crippen molar-refractivity contribution < 1.29 is 31.1 Å². The van der Waals surface area contributed by atoms with Crippen molar-refractivity contribution in [2.45, 2.75) is 38.4 Å². The van der Waals surface area contributed by atoms with Crippen LogP contribution in [0.1, 0.15) is 34.5 Å². The smallest absolute Gasteiger partial charge is 0.367 e. The first-order chi connectivity index (χ1) is 16.8. The highest BCUT2D eigenvalue weighted by molar-refractivity contribution is 7.15. The number of nitrogens with one attached hydrogen (secondary N) is 1. The highest BCUT2D eigenvalue weighted by Gasteiger charge is 2.47. The lowest BCUT2D eigenvalue weighted by Gasteiger charge is -2.43. The van der Waals surface area contributed by atoms with Crippen molar-refractivity contribution in [3.63, 3.8) is 0 Å². The van der Waals surface area contributed by atoms with Gasteiger partial charge in [0.15, 0.2) is 5.69 Å². The maximum atomic E-state index is 14.5. The average molecular weight is 530 g/mol. The van der Waals surface area contributed by atoms with Crippen molar-refractivity contribution in [2.24, 2.45) is 5.92 Å². The number of hydrogen-bond acceptors (Lipinski definition) is 7. The van der Waals surface area contributed by atoms with E-state index in [0.29, 0.717) is 11.2 Å². The molecule has 2 unspecified atom stereocenters. The monoisotopic (exact) mass is 530 g/mol. The first-order valence-electron chi connectivity index (χ1n) is 10.8. The minimum absolute atomic E-state index is 0.00548. The van der Waals surface area contributed by atoms with Gasteiger partial charge in [0.25, 0.3) is 11.8 Å². The van der Waals surface area contributed by atoms with E-state index in [-0.39, 0.29) is 28.6 Å². The number of piperidine rings is 1. The standard InChI is InChI=1S/C22H20F6N6OS/c1-11-6-21(24,25)10-34(15(11)7-31-17-9-30-16(8-32-17)22(26,27)28)20(35)18-19(36-12(2)33-18)14-5-13(23)3-4-29-14/h3-5,8-9,11,15H,6-7,10H2,1-2H3,(H,31,32). The molecule has 36 heavy (non-hydrogen) atoms. The van der Waals surface area contributed by atoms with Gasteiger partial charge in [-0.3, -0.25) is 9.78 Å². The van der Waals surface area contributed by atoms with Gasteiger partial charge in [0.05, 0.1) is 40.6 Å². The molecule has 14 heteroatoms. The molecule has 0 spiro atoms. The third-order valence-corrected chi connectivity index (χ3v) is 6.66. The third kappa shape index (κ3) is 5.58. The van der Waals surface area contributed by atoms with Crippen LogP contribution in [0.3, 0.4) is 0 Å². The van der Waals surface area contributed by atoms with Crippen molar-refractivity contribution in [1.29, 1.82) is 0 Å². The number of likely N-dealkylation sites (tertiary alicyclic amines) is 1. The number of carbonyl (C=O) groups is 1. The number of pyridine rings is 1. The maximum absolute atomic E-state index is 14.5. The van der Waals surface area contributed by atoms with Crippen molar-refractivity contribution in [3.05, 3.63) is 52.9 Å². The second kappa shape index (κ2) is 9.64. The molecule has 192 valence electrons. The Bertz CT molecular complexity index is 1250. The number of aromatic nitrogens is 4. The molecule has 7 nitrogen and oxygen atoms in total. The van der Waals surface area contributed by atoms with E-state index >= 15 is 0 Å². The van der Waals surface area contributed by atoms with Gasteiger partial charge >= 0.3 is 6.18 Å². The molecule has 1 aliphatic rings. The zero-order valence-electron chi connectivity index (χ0n) is 19.0. The number of hydrogen-bond donors (Lipinski definition) is 1. The zero-order valence-corrected chi connectivity index (χ0v) is 19.8. The third-order valence-electron chi connectivity index (χ3n) is 5.67. The van der Waals surface area contributed by atoms with E-state index in [4.69, 9.17) is 0 Å². The number of anilines is 1. The molecular weight excluding hydrogens is 510 g/mol. The number of carbonyl (C=O) groups excluding carboxylic acids is 1. The number of thiazole rings is 1.